The summed E-state index contributed by atoms with van der Waals surface area (Å²) in [6, 6.07) is 2.12. The van der Waals surface area contributed by atoms with Crippen molar-refractivity contribution in [1.29, 1.82) is 0 Å². The predicted molar refractivity (Wildman–Crippen MR) is 87.3 cm³/mol. The lowest BCUT2D eigenvalue weighted by molar-refractivity contribution is 0.347. The van der Waals surface area contributed by atoms with Crippen LogP contribution in [0.25, 0.3) is 0 Å². The number of rotatable bonds is 4. The second kappa shape index (κ2) is 6.33. The number of nitrogen functional groups attached to an aromatic ring is 1. The molecule has 1 aliphatic rings. The predicted octanol–water partition coefficient (Wildman–Crippen LogP) is 3.28. The highest BCUT2D eigenvalue weighted by Crippen LogP contribution is 2.34. The summed E-state index contributed by atoms with van der Waals surface area (Å²) < 4.78 is 0. The van der Waals surface area contributed by atoms with Gasteiger partial charge in [-0.3, -0.25) is 0 Å². The Morgan fingerprint density at radius 2 is 2.25 bits per heavy atom. The Hall–Kier alpha value is -1.45. The van der Waals surface area contributed by atoms with E-state index in [0.717, 1.165) is 47.8 Å². The minimum absolute atomic E-state index is 0.768. The molecule has 4 nitrogen and oxygen atoms in total. The maximum Gasteiger partial charge on any atom is 0.151 e. The summed E-state index contributed by atoms with van der Waals surface area (Å²) in [6.45, 7) is 8.87. The third kappa shape index (κ3) is 3.35. The molecule has 20 heavy (non-hydrogen) atoms. The number of aryl methyl sites for hydroxylation is 1. The minimum Gasteiger partial charge on any atom is -0.394 e. The number of hydrogen-bond acceptors (Lipinski definition) is 4. The molecule has 1 saturated heterocycles. The molecule has 1 aliphatic heterocycles. The second-order valence-electron chi connectivity index (χ2n) is 6.38. The molecule has 1 aromatic heterocycles. The van der Waals surface area contributed by atoms with Gasteiger partial charge in [0.25, 0.3) is 0 Å². The van der Waals surface area contributed by atoms with Crippen LogP contribution in [-0.4, -0.2) is 25.1 Å². The van der Waals surface area contributed by atoms with Crippen LogP contribution in [0.3, 0.4) is 0 Å². The average Bonchev–Trinajstić information content (AvgIpc) is 2.40. The molecule has 1 unspecified atom stereocenters. The number of anilines is 3. The van der Waals surface area contributed by atoms with Gasteiger partial charge < -0.3 is 16.0 Å². The lowest BCUT2D eigenvalue weighted by Gasteiger charge is -2.36. The first kappa shape index (κ1) is 14.9. The van der Waals surface area contributed by atoms with Gasteiger partial charge in [0.2, 0.25) is 0 Å². The van der Waals surface area contributed by atoms with Crippen molar-refractivity contribution in [2.24, 2.45) is 11.8 Å². The van der Waals surface area contributed by atoms with Crippen molar-refractivity contribution in [3.63, 3.8) is 0 Å². The van der Waals surface area contributed by atoms with Gasteiger partial charge in [-0.05, 0) is 44.1 Å². The highest BCUT2D eigenvalue weighted by Gasteiger charge is 2.23. The molecular weight excluding hydrogens is 248 g/mol. The molecule has 0 aromatic carbocycles. The van der Waals surface area contributed by atoms with Gasteiger partial charge >= 0.3 is 0 Å². The normalized spacial score (nSPS) is 19.4. The number of nitrogens with two attached hydrogens (primary N) is 1. The molecule has 0 amide bonds. The molecule has 0 spiro atoms. The Morgan fingerprint density at radius 3 is 2.90 bits per heavy atom. The van der Waals surface area contributed by atoms with Gasteiger partial charge in [-0.15, -0.1) is 0 Å². The van der Waals surface area contributed by atoms with Crippen molar-refractivity contribution in [3.8, 4) is 0 Å². The fraction of sp³-hybridized carbons (Fsp3) is 0.688. The smallest absolute Gasteiger partial charge is 0.151 e. The number of piperidine rings is 1. The van der Waals surface area contributed by atoms with Gasteiger partial charge in [0, 0.05) is 25.8 Å². The quantitative estimate of drug-likeness (QED) is 0.886. The van der Waals surface area contributed by atoms with Crippen molar-refractivity contribution < 1.29 is 0 Å². The number of nitrogens with zero attached hydrogens (tertiary/aromatic N) is 2. The molecule has 1 atom stereocenters. The summed E-state index contributed by atoms with van der Waals surface area (Å²) in [5.74, 6) is 2.35. The van der Waals surface area contributed by atoms with Crippen LogP contribution in [0.2, 0.25) is 0 Å². The topological polar surface area (TPSA) is 54.2 Å². The van der Waals surface area contributed by atoms with Crippen LogP contribution in [0, 0.1) is 18.8 Å². The molecule has 4 heteroatoms. The van der Waals surface area contributed by atoms with E-state index in [1.807, 2.05) is 14.0 Å². The Kier molecular flexibility index (Phi) is 4.73. The maximum absolute atomic E-state index is 6.27. The summed E-state index contributed by atoms with van der Waals surface area (Å²) in [6.07, 6.45) is 3.91. The van der Waals surface area contributed by atoms with E-state index in [2.05, 4.69) is 35.1 Å². The van der Waals surface area contributed by atoms with E-state index in [9.17, 15) is 0 Å². The highest BCUT2D eigenvalue weighted by molar-refractivity contribution is 5.78. The summed E-state index contributed by atoms with van der Waals surface area (Å²) in [5.41, 5.74) is 9.22. The third-order valence-electron chi connectivity index (χ3n) is 4.07. The summed E-state index contributed by atoms with van der Waals surface area (Å²) in [5, 5.41) is 3.10. The molecule has 2 heterocycles. The zero-order valence-corrected chi connectivity index (χ0v) is 13.2. The Balaban J connectivity index is 2.20. The van der Waals surface area contributed by atoms with E-state index in [1.54, 1.807) is 0 Å². The van der Waals surface area contributed by atoms with E-state index in [-0.39, 0.29) is 0 Å². The highest BCUT2D eigenvalue weighted by atomic mass is 15.2. The van der Waals surface area contributed by atoms with Crippen LogP contribution >= 0.6 is 0 Å². The van der Waals surface area contributed by atoms with E-state index in [4.69, 9.17) is 5.73 Å². The van der Waals surface area contributed by atoms with Crippen molar-refractivity contribution >= 4 is 17.2 Å². The fourth-order valence-electron chi connectivity index (χ4n) is 3.26. The van der Waals surface area contributed by atoms with Crippen LogP contribution in [0.4, 0.5) is 17.2 Å². The molecule has 2 rings (SSSR count). The molecule has 0 radical (unpaired) electrons. The van der Waals surface area contributed by atoms with Crippen LogP contribution in [0.5, 0.6) is 0 Å². The Morgan fingerprint density at radius 1 is 1.50 bits per heavy atom. The standard InChI is InChI=1S/C16H28N4/c1-11(2)8-13-6-5-7-20(10-13)14-9-12(3)19-16(18-4)15(14)17/h9,11,13H,5-8,10,17H2,1-4H3,(H,18,19). The minimum atomic E-state index is 0.768. The fourth-order valence-corrected chi connectivity index (χ4v) is 3.26. The van der Waals surface area contributed by atoms with E-state index >= 15 is 0 Å². The average molecular weight is 276 g/mol. The van der Waals surface area contributed by atoms with E-state index in [0.29, 0.717) is 0 Å². The monoisotopic (exact) mass is 276 g/mol. The van der Waals surface area contributed by atoms with Gasteiger partial charge in [0.1, 0.15) is 0 Å². The van der Waals surface area contributed by atoms with Gasteiger partial charge in [-0.2, -0.15) is 0 Å². The molecular formula is C16H28N4. The molecule has 3 N–H and O–H groups in total. The van der Waals surface area contributed by atoms with Gasteiger partial charge in [0.05, 0.1) is 11.4 Å². The molecule has 1 fully saturated rings. The van der Waals surface area contributed by atoms with Crippen LogP contribution in [0.15, 0.2) is 6.07 Å². The van der Waals surface area contributed by atoms with Crippen LogP contribution < -0.4 is 16.0 Å². The summed E-state index contributed by atoms with van der Waals surface area (Å²) in [4.78, 5) is 6.90. The zero-order chi connectivity index (χ0) is 14.7. The first-order valence-electron chi connectivity index (χ1n) is 7.71. The summed E-state index contributed by atoms with van der Waals surface area (Å²) in [7, 11) is 1.87. The van der Waals surface area contributed by atoms with Crippen molar-refractivity contribution in [1.82, 2.24) is 4.98 Å². The van der Waals surface area contributed by atoms with Crippen molar-refractivity contribution in [2.75, 3.05) is 36.1 Å². The van der Waals surface area contributed by atoms with E-state index in [1.165, 1.54) is 19.3 Å². The summed E-state index contributed by atoms with van der Waals surface area (Å²) >= 11 is 0. The number of nitrogens with one attached hydrogen (secondary N) is 1. The molecule has 0 bridgehead atoms. The van der Waals surface area contributed by atoms with Gasteiger partial charge in [-0.1, -0.05) is 13.8 Å². The molecule has 0 aliphatic carbocycles. The first-order valence-corrected chi connectivity index (χ1v) is 7.71. The molecule has 112 valence electrons. The van der Waals surface area contributed by atoms with Gasteiger partial charge in [0.15, 0.2) is 5.82 Å². The van der Waals surface area contributed by atoms with Crippen molar-refractivity contribution in [2.45, 2.75) is 40.0 Å². The van der Waals surface area contributed by atoms with E-state index < -0.39 is 0 Å². The first-order chi connectivity index (χ1) is 9.51. The maximum atomic E-state index is 6.27. The van der Waals surface area contributed by atoms with Crippen LogP contribution in [0.1, 0.15) is 38.8 Å². The second-order valence-corrected chi connectivity index (χ2v) is 6.38. The third-order valence-corrected chi connectivity index (χ3v) is 4.07. The zero-order valence-electron chi connectivity index (χ0n) is 13.2. The lowest BCUT2D eigenvalue weighted by atomic mass is 9.89. The molecule has 1 aromatic rings. The van der Waals surface area contributed by atoms with Crippen LogP contribution in [-0.2, 0) is 0 Å². The number of aromatic nitrogens is 1. The number of hydrogen-bond donors (Lipinski definition) is 2. The SMILES string of the molecule is CNc1nc(C)cc(N2CCCC(CC(C)C)C2)c1N. The number of pyridine rings is 1. The van der Waals surface area contributed by atoms with Gasteiger partial charge in [-0.25, -0.2) is 4.98 Å². The Bertz CT molecular complexity index is 456. The lowest BCUT2D eigenvalue weighted by Crippen LogP contribution is -2.36. The molecule has 0 saturated carbocycles. The Labute approximate surface area is 122 Å². The largest absolute Gasteiger partial charge is 0.394 e. The van der Waals surface area contributed by atoms with Crippen molar-refractivity contribution in [3.05, 3.63) is 11.8 Å².